The molecule has 156 valence electrons. The molecule has 0 aliphatic heterocycles. The summed E-state index contributed by atoms with van der Waals surface area (Å²) in [5.41, 5.74) is 2.23. The van der Waals surface area contributed by atoms with Crippen molar-refractivity contribution in [2.75, 3.05) is 19.5 Å². The van der Waals surface area contributed by atoms with E-state index < -0.39 is 0 Å². The largest absolute Gasteiger partial charge is 0.497 e. The van der Waals surface area contributed by atoms with Crippen LogP contribution >= 0.6 is 0 Å². The van der Waals surface area contributed by atoms with Crippen LogP contribution in [0.25, 0.3) is 0 Å². The first-order valence-corrected chi connectivity index (χ1v) is 9.30. The van der Waals surface area contributed by atoms with E-state index in [0.29, 0.717) is 29.5 Å². The second-order valence-corrected chi connectivity index (χ2v) is 6.43. The number of hydrogen-bond acceptors (Lipinski definition) is 4. The summed E-state index contributed by atoms with van der Waals surface area (Å²) in [4.78, 5) is 12.3. The van der Waals surface area contributed by atoms with Crippen LogP contribution in [-0.4, -0.2) is 20.3 Å². The summed E-state index contributed by atoms with van der Waals surface area (Å²) >= 11 is 0. The van der Waals surface area contributed by atoms with Crippen molar-refractivity contribution in [1.29, 1.82) is 0 Å². The van der Waals surface area contributed by atoms with Crippen molar-refractivity contribution in [3.63, 3.8) is 0 Å². The molecule has 0 saturated carbocycles. The fourth-order valence-electron chi connectivity index (χ4n) is 2.78. The summed E-state index contributed by atoms with van der Waals surface area (Å²) in [5.74, 6) is 1.64. The van der Waals surface area contributed by atoms with E-state index in [9.17, 15) is 9.18 Å². The van der Waals surface area contributed by atoms with Crippen LogP contribution in [0.4, 0.5) is 14.9 Å². The van der Waals surface area contributed by atoms with Gasteiger partial charge in [-0.2, -0.15) is 0 Å². The van der Waals surface area contributed by atoms with Gasteiger partial charge in [0.15, 0.2) is 0 Å². The fraction of sp³-hybridized carbons (Fsp3) is 0.174. The molecule has 0 atom stereocenters. The van der Waals surface area contributed by atoms with Crippen LogP contribution < -0.4 is 24.8 Å². The van der Waals surface area contributed by atoms with Gasteiger partial charge in [-0.15, -0.1) is 0 Å². The summed E-state index contributed by atoms with van der Waals surface area (Å²) in [5, 5.41) is 5.57. The van der Waals surface area contributed by atoms with E-state index >= 15 is 0 Å². The van der Waals surface area contributed by atoms with Gasteiger partial charge >= 0.3 is 6.03 Å². The highest BCUT2D eigenvalue weighted by atomic mass is 19.1. The molecule has 3 aromatic rings. The molecule has 0 aliphatic carbocycles. The highest BCUT2D eigenvalue weighted by Crippen LogP contribution is 2.24. The first-order valence-electron chi connectivity index (χ1n) is 9.30. The van der Waals surface area contributed by atoms with Crippen molar-refractivity contribution >= 4 is 11.7 Å². The molecule has 2 N–H and O–H groups in total. The fourth-order valence-corrected chi connectivity index (χ4v) is 2.78. The molecule has 3 rings (SSSR count). The standard InChI is InChI=1S/C23H23FN2O4/c1-28-20-10-11-22(29-2)17(12-20)14-25-23(27)26-19-4-3-5-21(13-19)30-15-16-6-8-18(24)9-7-16/h3-13H,14-15H2,1-2H3,(H2,25,26,27). The van der Waals surface area contributed by atoms with Gasteiger partial charge in [0.25, 0.3) is 0 Å². The molecule has 3 aromatic carbocycles. The number of halogens is 1. The van der Waals surface area contributed by atoms with Gasteiger partial charge in [-0.05, 0) is 48.0 Å². The molecular formula is C23H23FN2O4. The Morgan fingerprint density at radius 2 is 1.73 bits per heavy atom. The summed E-state index contributed by atoms with van der Waals surface area (Å²) in [6.45, 7) is 0.568. The minimum Gasteiger partial charge on any atom is -0.497 e. The maximum Gasteiger partial charge on any atom is 0.319 e. The van der Waals surface area contributed by atoms with E-state index in [4.69, 9.17) is 14.2 Å². The third kappa shape index (κ3) is 5.88. The van der Waals surface area contributed by atoms with E-state index in [2.05, 4.69) is 10.6 Å². The quantitative estimate of drug-likeness (QED) is 0.563. The lowest BCUT2D eigenvalue weighted by Crippen LogP contribution is -2.28. The lowest BCUT2D eigenvalue weighted by molar-refractivity contribution is 0.251. The molecule has 0 heterocycles. The van der Waals surface area contributed by atoms with Crippen LogP contribution in [-0.2, 0) is 13.2 Å². The number of amides is 2. The lowest BCUT2D eigenvalue weighted by Gasteiger charge is -2.13. The monoisotopic (exact) mass is 410 g/mol. The molecule has 0 spiro atoms. The highest BCUT2D eigenvalue weighted by molar-refractivity contribution is 5.89. The number of ether oxygens (including phenoxy) is 3. The van der Waals surface area contributed by atoms with Crippen LogP contribution in [0, 0.1) is 5.82 Å². The number of hydrogen-bond donors (Lipinski definition) is 2. The van der Waals surface area contributed by atoms with Crippen LogP contribution in [0.2, 0.25) is 0 Å². The van der Waals surface area contributed by atoms with E-state index in [1.165, 1.54) is 12.1 Å². The van der Waals surface area contributed by atoms with Gasteiger partial charge in [0, 0.05) is 23.9 Å². The molecule has 0 radical (unpaired) electrons. The molecule has 2 amide bonds. The molecule has 0 fully saturated rings. The topological polar surface area (TPSA) is 68.8 Å². The van der Waals surface area contributed by atoms with Crippen molar-refractivity contribution in [1.82, 2.24) is 5.32 Å². The number of nitrogens with one attached hydrogen (secondary N) is 2. The average molecular weight is 410 g/mol. The molecule has 30 heavy (non-hydrogen) atoms. The summed E-state index contributed by atoms with van der Waals surface area (Å²) in [6, 6.07) is 18.2. The first kappa shape index (κ1) is 21.0. The predicted octanol–water partition coefficient (Wildman–Crippen LogP) is 4.74. The smallest absolute Gasteiger partial charge is 0.319 e. The second kappa shape index (κ2) is 10.2. The molecule has 6 nitrogen and oxygen atoms in total. The van der Waals surface area contributed by atoms with Crippen LogP contribution in [0.5, 0.6) is 17.2 Å². The van der Waals surface area contributed by atoms with E-state index in [-0.39, 0.29) is 18.4 Å². The summed E-state index contributed by atoms with van der Waals surface area (Å²) in [6.07, 6.45) is 0. The predicted molar refractivity (Wildman–Crippen MR) is 113 cm³/mol. The van der Waals surface area contributed by atoms with Gasteiger partial charge in [0.1, 0.15) is 29.7 Å². The Kier molecular flexibility index (Phi) is 7.10. The van der Waals surface area contributed by atoms with Gasteiger partial charge < -0.3 is 24.8 Å². The number of urea groups is 1. The third-order valence-electron chi connectivity index (χ3n) is 4.34. The summed E-state index contributed by atoms with van der Waals surface area (Å²) in [7, 11) is 3.15. The van der Waals surface area contributed by atoms with Crippen molar-refractivity contribution in [3.8, 4) is 17.2 Å². The molecule has 0 unspecified atom stereocenters. The number of anilines is 1. The molecule has 0 aromatic heterocycles. The highest BCUT2D eigenvalue weighted by Gasteiger charge is 2.08. The number of rotatable bonds is 8. The Morgan fingerprint density at radius 3 is 2.47 bits per heavy atom. The van der Waals surface area contributed by atoms with Crippen LogP contribution in [0.3, 0.4) is 0 Å². The molecule has 7 heteroatoms. The zero-order valence-corrected chi connectivity index (χ0v) is 16.8. The number of benzene rings is 3. The van der Waals surface area contributed by atoms with E-state index in [1.807, 2.05) is 6.07 Å². The molecule has 0 bridgehead atoms. The van der Waals surface area contributed by atoms with Crippen molar-refractivity contribution in [2.45, 2.75) is 13.2 Å². The van der Waals surface area contributed by atoms with Gasteiger partial charge in [-0.1, -0.05) is 18.2 Å². The van der Waals surface area contributed by atoms with Gasteiger partial charge in [0.05, 0.1) is 14.2 Å². The zero-order chi connectivity index (χ0) is 21.3. The molecule has 0 saturated heterocycles. The van der Waals surface area contributed by atoms with Gasteiger partial charge in [0.2, 0.25) is 0 Å². The van der Waals surface area contributed by atoms with Gasteiger partial charge in [-0.25, -0.2) is 9.18 Å². The Balaban J connectivity index is 1.55. The van der Waals surface area contributed by atoms with Crippen molar-refractivity contribution in [2.24, 2.45) is 0 Å². The first-order chi connectivity index (χ1) is 14.6. The lowest BCUT2D eigenvalue weighted by atomic mass is 10.2. The Bertz CT molecular complexity index is 993. The second-order valence-electron chi connectivity index (χ2n) is 6.43. The molecule has 0 aliphatic rings. The normalized spacial score (nSPS) is 10.2. The Labute approximate surface area is 174 Å². The third-order valence-corrected chi connectivity index (χ3v) is 4.34. The minimum absolute atomic E-state index is 0.271. The van der Waals surface area contributed by atoms with E-state index in [1.54, 1.807) is 62.8 Å². The SMILES string of the molecule is COc1ccc(OC)c(CNC(=O)Nc2cccc(OCc3ccc(F)cc3)c2)c1. The van der Waals surface area contributed by atoms with E-state index in [0.717, 1.165) is 11.1 Å². The Morgan fingerprint density at radius 1 is 0.933 bits per heavy atom. The van der Waals surface area contributed by atoms with Crippen LogP contribution in [0.15, 0.2) is 66.7 Å². The number of methoxy groups -OCH3 is 2. The molecular weight excluding hydrogens is 387 g/mol. The zero-order valence-electron chi connectivity index (χ0n) is 16.8. The maximum atomic E-state index is 13.0. The number of carbonyl (C=O) groups excluding carboxylic acids is 1. The minimum atomic E-state index is -0.365. The van der Waals surface area contributed by atoms with Crippen molar-refractivity contribution < 1.29 is 23.4 Å². The summed E-state index contributed by atoms with van der Waals surface area (Å²) < 4.78 is 29.2. The Hall–Kier alpha value is -3.74. The van der Waals surface area contributed by atoms with Crippen LogP contribution in [0.1, 0.15) is 11.1 Å². The van der Waals surface area contributed by atoms with Gasteiger partial charge in [-0.3, -0.25) is 0 Å². The average Bonchev–Trinajstić information content (AvgIpc) is 2.77. The van der Waals surface area contributed by atoms with Crippen molar-refractivity contribution in [3.05, 3.63) is 83.7 Å². The number of carbonyl (C=O) groups is 1. The maximum absolute atomic E-state index is 13.0.